The summed E-state index contributed by atoms with van der Waals surface area (Å²) >= 11 is 0. The van der Waals surface area contributed by atoms with Gasteiger partial charge in [0.2, 0.25) is 0 Å². The van der Waals surface area contributed by atoms with E-state index in [1.54, 1.807) is 0 Å². The van der Waals surface area contributed by atoms with Gasteiger partial charge < -0.3 is 132 Å². The van der Waals surface area contributed by atoms with Crippen LogP contribution in [0.5, 0.6) is 0 Å². The third-order valence-corrected chi connectivity index (χ3v) is 143. The van der Waals surface area contributed by atoms with Gasteiger partial charge in [0.15, 0.2) is 16.6 Å². The molecule has 0 unspecified atom stereocenters. The molecule has 800 valence electrons. The zero-order valence-electron chi connectivity index (χ0n) is 97.6. The van der Waals surface area contributed by atoms with Crippen LogP contribution in [0.4, 0.5) is 0 Å². The van der Waals surface area contributed by atoms with E-state index in [1.807, 2.05) is 0 Å². The fourth-order valence-corrected chi connectivity index (χ4v) is 191. The summed E-state index contributed by atoms with van der Waals surface area (Å²) in [6.07, 6.45) is 0. The lowest BCUT2D eigenvalue weighted by atomic mass is 11.8. The summed E-state index contributed by atoms with van der Waals surface area (Å²) in [5.41, 5.74) is 0. The number of hydrogen-bond donors (Lipinski definition) is 0. The molecule has 32 nitrogen and oxygen atoms in total. The van der Waals surface area contributed by atoms with Gasteiger partial charge in [-0.15, -0.1) is 0 Å². The lowest BCUT2D eigenvalue weighted by molar-refractivity contribution is 0.242. The molecule has 0 aromatic rings. The van der Waals surface area contributed by atoms with Crippen molar-refractivity contribution >= 4 is 282 Å². The molecular weight excluding hydrogens is 2260 g/mol. The molecule has 0 aliphatic heterocycles. The van der Waals surface area contributed by atoms with Gasteiger partial charge in [-0.25, -0.2) is 0 Å². The van der Waals surface area contributed by atoms with Gasteiger partial charge in [-0.1, -0.05) is 0 Å². The number of hydrogen-bond acceptors (Lipinski definition) is 32. The first-order chi connectivity index (χ1) is 56.6. The van der Waals surface area contributed by atoms with Crippen molar-refractivity contribution in [1.82, 2.24) is 0 Å². The van der Waals surface area contributed by atoms with E-state index in [2.05, 4.69) is 445 Å². The normalized spacial score (nSPS) is 16.3. The van der Waals surface area contributed by atoms with E-state index in [0.29, 0.717) is 0 Å². The highest BCUT2D eigenvalue weighted by atomic mass is 28.6. The van der Waals surface area contributed by atoms with E-state index < -0.39 is 282 Å². The van der Waals surface area contributed by atoms with Gasteiger partial charge >= 0.3 is 265 Å². The minimum atomic E-state index is -2.95. The molecule has 0 atom stereocenters. The van der Waals surface area contributed by atoms with Gasteiger partial charge in [0.25, 0.3) is 0 Å². The standard InChI is InChI=1S/C68H204O32Si33/c1-101(2,3)69-103(7,8)71-105(11,12)73-107(15,16)75-109(19,20)77-111(23,24)79-113(27,28)81-115(31,32)83-117(35,36)85-119(39,40)87-121(43,44)89-123(47,48)91-125(51,52)93-127(55,56)95-129(59,60)97-131(63,64)99-133(67,68)100-132(65,66)98-130(61,62)96-128(57,58)94-126(53,54)92-124(49,50)90-122(45,46)88-120(41,42)86-118(37,38)84-116(33,34)82-114(29,30)80-112(25,26)78-110(21,22)76-108(17,18)74-106(13,14)72-104(9,10)70-102(4,5)6/h1-68H3. The average Bonchev–Trinajstić information content (AvgIpc) is 0.794. The summed E-state index contributed by atoms with van der Waals surface area (Å²) in [6, 6.07) is 0. The van der Waals surface area contributed by atoms with Crippen molar-refractivity contribution in [3.63, 3.8) is 0 Å². The van der Waals surface area contributed by atoms with Crippen LogP contribution in [-0.4, -0.2) is 282 Å². The summed E-state index contributed by atoms with van der Waals surface area (Å²) in [5, 5.41) is 0. The van der Waals surface area contributed by atoms with Crippen LogP contribution in [0, 0.1) is 0 Å². The largest absolute Gasteiger partial charge is 0.437 e. The van der Waals surface area contributed by atoms with Crippen molar-refractivity contribution in [2.45, 2.75) is 445 Å². The van der Waals surface area contributed by atoms with E-state index in [4.69, 9.17) is 132 Å². The van der Waals surface area contributed by atoms with Crippen LogP contribution in [0.3, 0.4) is 0 Å². The summed E-state index contributed by atoms with van der Waals surface area (Å²) in [5.74, 6) is 0. The Hall–Kier alpha value is 5.88. The third kappa shape index (κ3) is 65.0. The van der Waals surface area contributed by atoms with Crippen molar-refractivity contribution in [3.8, 4) is 0 Å². The molecule has 65 heteroatoms. The molecule has 0 saturated heterocycles. The van der Waals surface area contributed by atoms with Crippen LogP contribution in [0.1, 0.15) is 0 Å². The monoisotopic (exact) mass is 2460 g/mol. The van der Waals surface area contributed by atoms with E-state index in [1.165, 1.54) is 0 Å². The summed E-state index contributed by atoms with van der Waals surface area (Å²) in [7, 11) is -92.0. The lowest BCUT2D eigenvalue weighted by Crippen LogP contribution is -2.63. The van der Waals surface area contributed by atoms with Crippen LogP contribution in [0.15, 0.2) is 0 Å². The molecule has 0 aliphatic rings. The van der Waals surface area contributed by atoms with E-state index in [0.717, 1.165) is 0 Å². The van der Waals surface area contributed by atoms with Crippen LogP contribution < -0.4 is 0 Å². The molecule has 0 aromatic heterocycles. The van der Waals surface area contributed by atoms with Gasteiger partial charge in [-0.2, -0.15) is 0 Å². The third-order valence-electron chi connectivity index (χ3n) is 15.9. The quantitative estimate of drug-likeness (QED) is 0.0511. The second-order valence-corrected chi connectivity index (χ2v) is 172. The zero-order valence-corrected chi connectivity index (χ0v) is 131. The van der Waals surface area contributed by atoms with E-state index >= 15 is 0 Å². The SMILES string of the molecule is C[Si](C)(C)O[Si](C)(C)O[Si](C)(C)O[Si](C)(C)O[Si](C)(C)O[Si](C)(C)O[Si](C)(C)O[Si](C)(C)O[Si](C)(C)O[Si](C)(C)O[Si](C)(C)O[Si](C)(C)O[Si](C)(C)O[Si](C)(C)O[Si](C)(C)O[Si](C)(C)O[Si](C)(C)O[Si](C)(C)O[Si](C)(C)O[Si](C)(C)O[Si](C)(C)O[Si](C)(C)O[Si](C)(C)O[Si](C)(C)O[Si](C)(C)O[Si](C)(C)O[Si](C)(C)O[Si](C)(C)O[Si](C)(C)O[Si](C)(C)O[Si](C)(C)O[Si](C)(C)O[Si](C)(C)C. The summed E-state index contributed by atoms with van der Waals surface area (Å²) < 4.78 is 222. The van der Waals surface area contributed by atoms with Crippen LogP contribution in [0.25, 0.3) is 0 Å². The minimum absolute atomic E-state index is 1.82. The molecule has 133 heavy (non-hydrogen) atoms. The fourth-order valence-electron chi connectivity index (χ4n) is 19.9. The molecule has 0 radical (unpaired) electrons. The maximum absolute atomic E-state index is 7.04. The first-order valence-corrected chi connectivity index (χ1v) is 141. The minimum Gasteiger partial charge on any atom is -0.437 e. The second kappa shape index (κ2) is 46.4. The Balaban J connectivity index is 5.99. The molecule has 0 N–H and O–H groups in total. The molecule has 0 fully saturated rings. The molecule has 0 heterocycles. The second-order valence-electron chi connectivity index (χ2n) is 50.9. The Kier molecular flexibility index (Phi) is 48.5. The van der Waals surface area contributed by atoms with E-state index in [-0.39, 0.29) is 0 Å². The molecule has 0 saturated carbocycles. The van der Waals surface area contributed by atoms with Crippen molar-refractivity contribution in [3.05, 3.63) is 0 Å². The predicted octanol–water partition coefficient (Wildman–Crippen LogP) is 24.9. The first kappa shape index (κ1) is 139. The smallest absolute Gasteiger partial charge is 0.314 e. The molecule has 0 rings (SSSR count). The van der Waals surface area contributed by atoms with Crippen molar-refractivity contribution in [1.29, 1.82) is 0 Å². The van der Waals surface area contributed by atoms with Crippen LogP contribution in [-0.2, 0) is 132 Å². The molecule has 0 bridgehead atoms. The zero-order chi connectivity index (χ0) is 107. The molecule has 0 spiro atoms. The number of rotatable bonds is 64. The highest BCUT2D eigenvalue weighted by Crippen LogP contribution is 2.40. The highest BCUT2D eigenvalue weighted by molar-refractivity contribution is 7.00. The highest BCUT2D eigenvalue weighted by Gasteiger charge is 2.59. The fraction of sp³-hybridized carbons (Fsp3) is 1.00. The van der Waals surface area contributed by atoms with Crippen molar-refractivity contribution < 1.29 is 132 Å². The Morgan fingerprint density at radius 3 is 0.113 bits per heavy atom. The van der Waals surface area contributed by atoms with Crippen molar-refractivity contribution in [2.24, 2.45) is 0 Å². The van der Waals surface area contributed by atoms with Gasteiger partial charge in [0.1, 0.15) is 0 Å². The molecule has 0 aromatic carbocycles. The Morgan fingerprint density at radius 1 is 0.0526 bits per heavy atom. The molecular formula is C68H204O32Si33. The predicted molar refractivity (Wildman–Crippen MR) is 623 cm³/mol. The van der Waals surface area contributed by atoms with Gasteiger partial charge in [0, 0.05) is 0 Å². The van der Waals surface area contributed by atoms with Gasteiger partial charge in [-0.3, -0.25) is 0 Å². The topological polar surface area (TPSA) is 295 Å². The lowest BCUT2D eigenvalue weighted by Gasteiger charge is -2.45. The Morgan fingerprint density at radius 2 is 0.0827 bits per heavy atom. The van der Waals surface area contributed by atoms with Crippen LogP contribution in [0.2, 0.25) is 445 Å². The van der Waals surface area contributed by atoms with Crippen LogP contribution >= 0.6 is 0 Å². The van der Waals surface area contributed by atoms with Crippen molar-refractivity contribution in [2.75, 3.05) is 0 Å². The van der Waals surface area contributed by atoms with E-state index in [9.17, 15) is 0 Å². The first-order valence-electron chi connectivity index (χ1n) is 47.1. The molecule has 0 amide bonds. The summed E-state index contributed by atoms with van der Waals surface area (Å²) in [6.45, 7) is 141. The molecule has 0 aliphatic carbocycles. The van der Waals surface area contributed by atoms with Gasteiger partial charge in [0.05, 0.1) is 0 Å². The average molecular weight is 2460 g/mol. The maximum Gasteiger partial charge on any atom is 0.314 e. The summed E-state index contributed by atoms with van der Waals surface area (Å²) in [4.78, 5) is 0. The Labute approximate surface area is 850 Å². The Bertz CT molecular complexity index is 3290. The maximum atomic E-state index is 7.04. The van der Waals surface area contributed by atoms with Gasteiger partial charge in [-0.05, 0) is 445 Å².